The molecule has 0 unspecified atom stereocenters. The lowest BCUT2D eigenvalue weighted by Gasteiger charge is -2.03. The van der Waals surface area contributed by atoms with Crippen LogP contribution in [0, 0.1) is 6.92 Å². The number of thioether (sulfide) groups is 1. The second-order valence-corrected chi connectivity index (χ2v) is 6.87. The number of aromatic carboxylic acids is 1. The van der Waals surface area contributed by atoms with Crippen LogP contribution in [0.15, 0.2) is 36.4 Å². The number of carboxylic acid groups (broad SMARTS) is 1. The van der Waals surface area contributed by atoms with Crippen molar-refractivity contribution in [2.75, 3.05) is 5.75 Å². The van der Waals surface area contributed by atoms with E-state index in [1.165, 1.54) is 22.5 Å². The molecule has 0 spiro atoms. The van der Waals surface area contributed by atoms with E-state index in [0.29, 0.717) is 10.6 Å². The molecule has 1 aromatic heterocycles. The highest BCUT2D eigenvalue weighted by Gasteiger charge is 2.14. The van der Waals surface area contributed by atoms with Gasteiger partial charge in [0.2, 0.25) is 0 Å². The maximum Gasteiger partial charge on any atom is 0.347 e. The van der Waals surface area contributed by atoms with E-state index in [1.54, 1.807) is 6.92 Å². The largest absolute Gasteiger partial charge is 0.477 e. The summed E-state index contributed by atoms with van der Waals surface area (Å²) in [5, 5.41) is 9.83. The molecule has 0 aliphatic rings. The highest BCUT2D eigenvalue weighted by atomic mass is 32.2. The van der Waals surface area contributed by atoms with E-state index in [9.17, 15) is 4.79 Å². The minimum atomic E-state index is -0.913. The minimum Gasteiger partial charge on any atom is -0.477 e. The van der Waals surface area contributed by atoms with Gasteiger partial charge in [-0.2, -0.15) is 11.8 Å². The molecule has 21 heavy (non-hydrogen) atoms. The highest BCUT2D eigenvalue weighted by molar-refractivity contribution is 7.98. The lowest BCUT2D eigenvalue weighted by atomic mass is 10.2. The maximum absolute atomic E-state index is 11.1. The monoisotopic (exact) mass is 319 g/mol. The van der Waals surface area contributed by atoms with Gasteiger partial charge in [-0.05, 0) is 19.4 Å². The number of hydrogen-bond donors (Lipinski definition) is 1. The fraction of sp³-hybridized carbons (Fsp3) is 0.250. The molecule has 0 radical (unpaired) electrons. The Labute approximate surface area is 132 Å². The Morgan fingerprint density at radius 1 is 1.38 bits per heavy atom. The number of aromatic nitrogens is 1. The molecule has 0 bridgehead atoms. The summed E-state index contributed by atoms with van der Waals surface area (Å²) in [6, 6.07) is 8.14. The van der Waals surface area contributed by atoms with Crippen LogP contribution >= 0.6 is 23.1 Å². The molecular weight excluding hydrogens is 302 g/mol. The number of nitrogens with zero attached hydrogens (tertiary/aromatic N) is 1. The smallest absolute Gasteiger partial charge is 0.347 e. The zero-order valence-corrected chi connectivity index (χ0v) is 13.7. The Kier molecular flexibility index (Phi) is 5.20. The van der Waals surface area contributed by atoms with Crippen LogP contribution in [0.3, 0.4) is 0 Å². The number of thiazole rings is 1. The number of hydrogen-bond acceptors (Lipinski definition) is 4. The van der Waals surface area contributed by atoms with Crippen molar-refractivity contribution in [1.82, 2.24) is 4.98 Å². The summed E-state index contributed by atoms with van der Waals surface area (Å²) in [6.45, 7) is 7.65. The normalized spacial score (nSPS) is 10.6. The summed E-state index contributed by atoms with van der Waals surface area (Å²) in [6.07, 6.45) is 0. The second kappa shape index (κ2) is 6.91. The lowest BCUT2D eigenvalue weighted by Crippen LogP contribution is -1.94. The van der Waals surface area contributed by atoms with Crippen molar-refractivity contribution in [2.24, 2.45) is 0 Å². The first kappa shape index (κ1) is 15.8. The SMILES string of the molecule is C=C(C)CSCc1ccc(-c2nc(C)c(C(=O)O)s2)cc1. The van der Waals surface area contributed by atoms with Gasteiger partial charge in [0.1, 0.15) is 9.88 Å². The lowest BCUT2D eigenvalue weighted by molar-refractivity contribution is 0.0701. The maximum atomic E-state index is 11.1. The molecule has 2 aromatic rings. The summed E-state index contributed by atoms with van der Waals surface area (Å²) < 4.78 is 0. The van der Waals surface area contributed by atoms with Gasteiger partial charge in [-0.1, -0.05) is 36.4 Å². The molecule has 0 saturated carbocycles. The van der Waals surface area contributed by atoms with Gasteiger partial charge < -0.3 is 5.11 Å². The van der Waals surface area contributed by atoms with Gasteiger partial charge in [0.15, 0.2) is 0 Å². The third-order valence-corrected chi connectivity index (χ3v) is 5.24. The van der Waals surface area contributed by atoms with Gasteiger partial charge >= 0.3 is 5.97 Å². The van der Waals surface area contributed by atoms with Crippen LogP contribution in [0.4, 0.5) is 0 Å². The van der Waals surface area contributed by atoms with Crippen molar-refractivity contribution in [3.05, 3.63) is 52.6 Å². The fourth-order valence-electron chi connectivity index (χ4n) is 1.80. The van der Waals surface area contributed by atoms with E-state index in [1.807, 2.05) is 30.8 Å². The van der Waals surface area contributed by atoms with Crippen molar-refractivity contribution >= 4 is 29.1 Å². The number of rotatable bonds is 6. The third kappa shape index (κ3) is 4.19. The third-order valence-electron chi connectivity index (χ3n) is 2.81. The predicted molar refractivity (Wildman–Crippen MR) is 90.2 cm³/mol. The molecule has 0 amide bonds. The number of benzene rings is 1. The van der Waals surface area contributed by atoms with Crippen molar-refractivity contribution in [1.29, 1.82) is 0 Å². The molecule has 2 rings (SSSR count). The van der Waals surface area contributed by atoms with Gasteiger partial charge in [0.25, 0.3) is 0 Å². The van der Waals surface area contributed by atoms with E-state index < -0.39 is 5.97 Å². The number of carboxylic acids is 1. The van der Waals surface area contributed by atoms with Crippen molar-refractivity contribution in [2.45, 2.75) is 19.6 Å². The standard InChI is InChI=1S/C16H17NO2S2/c1-10(2)8-20-9-12-4-6-13(7-5-12)15-17-11(3)14(21-15)16(18)19/h4-7H,1,8-9H2,2-3H3,(H,18,19). The number of carbonyl (C=O) groups is 1. The van der Waals surface area contributed by atoms with Crippen LogP contribution in [0.5, 0.6) is 0 Å². The van der Waals surface area contributed by atoms with Gasteiger partial charge in [0, 0.05) is 17.1 Å². The molecule has 0 fully saturated rings. The molecular formula is C16H17NO2S2. The van der Waals surface area contributed by atoms with E-state index in [0.717, 1.165) is 22.1 Å². The van der Waals surface area contributed by atoms with Crippen molar-refractivity contribution in [3.63, 3.8) is 0 Å². The van der Waals surface area contributed by atoms with Crippen LogP contribution in [-0.2, 0) is 5.75 Å². The Hall–Kier alpha value is -1.59. The molecule has 0 saturated heterocycles. The predicted octanol–water partition coefficient (Wildman–Crippen LogP) is 4.63. The van der Waals surface area contributed by atoms with E-state index in [4.69, 9.17) is 5.11 Å². The second-order valence-electron chi connectivity index (χ2n) is 4.89. The Bertz CT molecular complexity index is 659. The Morgan fingerprint density at radius 3 is 2.57 bits per heavy atom. The average Bonchev–Trinajstić information content (AvgIpc) is 2.81. The quantitative estimate of drug-likeness (QED) is 0.789. The average molecular weight is 319 g/mol. The highest BCUT2D eigenvalue weighted by Crippen LogP contribution is 2.28. The topological polar surface area (TPSA) is 50.2 Å². The summed E-state index contributed by atoms with van der Waals surface area (Å²) >= 11 is 3.06. The van der Waals surface area contributed by atoms with Crippen molar-refractivity contribution < 1.29 is 9.90 Å². The van der Waals surface area contributed by atoms with Crippen LogP contribution in [0.1, 0.15) is 27.9 Å². The van der Waals surface area contributed by atoms with Crippen LogP contribution in [0.25, 0.3) is 10.6 Å². The summed E-state index contributed by atoms with van der Waals surface area (Å²) in [5.41, 5.74) is 3.96. The molecule has 110 valence electrons. The molecule has 0 aliphatic heterocycles. The van der Waals surface area contributed by atoms with Crippen LogP contribution in [-0.4, -0.2) is 21.8 Å². The van der Waals surface area contributed by atoms with Crippen molar-refractivity contribution in [3.8, 4) is 10.6 Å². The summed E-state index contributed by atoms with van der Waals surface area (Å²) in [4.78, 5) is 15.7. The molecule has 0 aliphatic carbocycles. The first-order valence-electron chi connectivity index (χ1n) is 6.49. The van der Waals surface area contributed by atoms with Crippen LogP contribution < -0.4 is 0 Å². The number of aryl methyl sites for hydroxylation is 1. The zero-order valence-electron chi connectivity index (χ0n) is 12.0. The first-order valence-corrected chi connectivity index (χ1v) is 8.46. The molecule has 5 heteroatoms. The fourth-order valence-corrected chi connectivity index (χ4v) is 3.59. The summed E-state index contributed by atoms with van der Waals surface area (Å²) in [5.74, 6) is 1.00. The minimum absolute atomic E-state index is 0.311. The molecule has 0 atom stereocenters. The van der Waals surface area contributed by atoms with Crippen LogP contribution in [0.2, 0.25) is 0 Å². The Balaban J connectivity index is 2.10. The summed E-state index contributed by atoms with van der Waals surface area (Å²) in [7, 11) is 0. The van der Waals surface area contributed by atoms with E-state index >= 15 is 0 Å². The molecule has 1 N–H and O–H groups in total. The van der Waals surface area contributed by atoms with E-state index in [2.05, 4.69) is 23.7 Å². The van der Waals surface area contributed by atoms with Gasteiger partial charge in [0.05, 0.1) is 5.69 Å². The molecule has 3 nitrogen and oxygen atoms in total. The van der Waals surface area contributed by atoms with Gasteiger partial charge in [-0.3, -0.25) is 0 Å². The zero-order chi connectivity index (χ0) is 15.4. The first-order chi connectivity index (χ1) is 9.97. The van der Waals surface area contributed by atoms with Gasteiger partial charge in [-0.25, -0.2) is 9.78 Å². The van der Waals surface area contributed by atoms with E-state index in [-0.39, 0.29) is 0 Å². The Morgan fingerprint density at radius 2 is 2.05 bits per heavy atom. The molecule has 1 heterocycles. The van der Waals surface area contributed by atoms with Gasteiger partial charge in [-0.15, -0.1) is 11.3 Å². The molecule has 1 aromatic carbocycles.